The molecule has 5 heteroatoms. The van der Waals surface area contributed by atoms with E-state index in [4.69, 9.17) is 21.4 Å². The van der Waals surface area contributed by atoms with Gasteiger partial charge < -0.3 is 14.7 Å². The van der Waals surface area contributed by atoms with E-state index in [1.807, 2.05) is 44.4 Å². The molecule has 0 radical (unpaired) electrons. The Hall–Kier alpha value is -1.36. The van der Waals surface area contributed by atoms with Gasteiger partial charge in [-0.15, -0.1) is 0 Å². The zero-order chi connectivity index (χ0) is 16.5. The molecule has 0 spiro atoms. The van der Waals surface area contributed by atoms with E-state index in [0.717, 1.165) is 18.5 Å². The molecule has 0 aromatic heterocycles. The number of carboxylic acids is 1. The average molecular weight is 314 g/mol. The maximum Gasteiger partial charge on any atom is 0.330 e. The zero-order valence-electron chi connectivity index (χ0n) is 13.1. The Bertz CT molecular complexity index is 436. The van der Waals surface area contributed by atoms with Gasteiger partial charge in [-0.2, -0.15) is 0 Å². The number of methoxy groups -OCH3 is 1. The lowest BCUT2D eigenvalue weighted by atomic mass is 10.1. The predicted molar refractivity (Wildman–Crippen MR) is 86.6 cm³/mol. The number of halogens is 1. The number of alkyl halides is 1. The Labute approximate surface area is 132 Å². The zero-order valence-corrected chi connectivity index (χ0v) is 13.9. The number of carboxylic acid groups (broad SMARTS) is 1. The summed E-state index contributed by atoms with van der Waals surface area (Å²) in [4.78, 5) is 11.7. The van der Waals surface area contributed by atoms with Crippen molar-refractivity contribution >= 4 is 17.6 Å². The highest BCUT2D eigenvalue weighted by molar-refractivity contribution is 6.23. The first kappa shape index (κ1) is 19.6. The van der Waals surface area contributed by atoms with Gasteiger partial charge in [-0.25, -0.2) is 4.79 Å². The predicted octanol–water partition coefficient (Wildman–Crippen LogP) is 3.32. The van der Waals surface area contributed by atoms with E-state index >= 15 is 0 Å². The molecule has 4 nitrogen and oxygen atoms in total. The minimum Gasteiger partial charge on any atom is -0.478 e. The van der Waals surface area contributed by atoms with Crippen molar-refractivity contribution in [2.75, 3.05) is 27.7 Å². The third-order valence-corrected chi connectivity index (χ3v) is 3.34. The average Bonchev–Trinajstić information content (AvgIpc) is 2.46. The van der Waals surface area contributed by atoms with Crippen LogP contribution in [0.3, 0.4) is 0 Å². The molecule has 0 aliphatic rings. The van der Waals surface area contributed by atoms with Gasteiger partial charge in [0, 0.05) is 25.6 Å². The lowest BCUT2D eigenvalue weighted by molar-refractivity contribution is -0.132. The third-order valence-electron chi connectivity index (χ3n) is 2.77. The van der Waals surface area contributed by atoms with E-state index in [9.17, 15) is 4.79 Å². The monoisotopic (exact) mass is 313 g/mol. The number of ether oxygens (including phenoxy) is 1. The first-order valence-corrected chi connectivity index (χ1v) is 6.94. The summed E-state index contributed by atoms with van der Waals surface area (Å²) in [7, 11) is 5.70. The van der Waals surface area contributed by atoms with Gasteiger partial charge in [0.1, 0.15) is 0 Å². The summed E-state index contributed by atoms with van der Waals surface area (Å²) in [6.45, 7) is 5.50. The Morgan fingerprint density at radius 2 is 1.86 bits per heavy atom. The van der Waals surface area contributed by atoms with Gasteiger partial charge in [-0.3, -0.25) is 0 Å². The fourth-order valence-electron chi connectivity index (χ4n) is 1.42. The van der Waals surface area contributed by atoms with Crippen molar-refractivity contribution in [1.82, 2.24) is 4.90 Å². The second kappa shape index (κ2) is 9.55. The number of nitrogens with zero attached hydrogens (tertiary/aromatic N) is 1. The fourth-order valence-corrected chi connectivity index (χ4v) is 1.63. The van der Waals surface area contributed by atoms with Crippen LogP contribution in [0.2, 0.25) is 0 Å². The number of carbonyl (C=O) groups is 1. The lowest BCUT2D eigenvalue weighted by Crippen LogP contribution is -2.27. The molecule has 0 heterocycles. The normalized spacial score (nSPS) is 13.0. The minimum atomic E-state index is -0.935. The molecule has 1 unspecified atom stereocenters. The van der Waals surface area contributed by atoms with Crippen LogP contribution >= 0.6 is 11.6 Å². The molecule has 21 heavy (non-hydrogen) atoms. The van der Waals surface area contributed by atoms with Crippen molar-refractivity contribution in [2.24, 2.45) is 0 Å². The molecule has 1 aromatic rings. The van der Waals surface area contributed by atoms with Crippen LogP contribution in [-0.2, 0) is 14.6 Å². The molecule has 0 fully saturated rings. The topological polar surface area (TPSA) is 49.8 Å². The Morgan fingerprint density at radius 3 is 2.19 bits per heavy atom. The SMILES string of the molecule is C=C(C)C(=O)O.COC(Cl)(CCN(C)C)c1ccccc1. The maximum atomic E-state index is 9.60. The van der Waals surface area contributed by atoms with Crippen LogP contribution in [0.25, 0.3) is 0 Å². The van der Waals surface area contributed by atoms with E-state index < -0.39 is 11.0 Å². The Morgan fingerprint density at radius 1 is 1.38 bits per heavy atom. The molecule has 0 saturated heterocycles. The molecule has 1 N–H and O–H groups in total. The van der Waals surface area contributed by atoms with Crippen molar-refractivity contribution in [3.63, 3.8) is 0 Å². The van der Waals surface area contributed by atoms with E-state index in [1.165, 1.54) is 6.92 Å². The summed E-state index contributed by atoms with van der Waals surface area (Å²) >= 11 is 6.44. The standard InChI is InChI=1S/C12H18ClNO.C4H6O2/c1-14(2)10-9-12(13,15-3)11-7-5-4-6-8-11;1-3(2)4(5)6/h4-8H,9-10H2,1-3H3;1H2,2H3,(H,5,6). The molecule has 1 rings (SSSR count). The van der Waals surface area contributed by atoms with Crippen molar-refractivity contribution in [3.05, 3.63) is 48.0 Å². The molecule has 0 saturated carbocycles. The Balaban J connectivity index is 0.000000567. The molecule has 0 aliphatic heterocycles. The first-order valence-electron chi connectivity index (χ1n) is 6.56. The van der Waals surface area contributed by atoms with Crippen LogP contribution in [0.1, 0.15) is 18.9 Å². The Kier molecular flexibility index (Phi) is 8.93. The van der Waals surface area contributed by atoms with E-state index in [1.54, 1.807) is 7.11 Å². The second-order valence-corrected chi connectivity index (χ2v) is 5.55. The summed E-state index contributed by atoms with van der Waals surface area (Å²) in [5.41, 5.74) is 1.19. The highest BCUT2D eigenvalue weighted by atomic mass is 35.5. The number of benzene rings is 1. The summed E-state index contributed by atoms with van der Waals surface area (Å²) < 4.78 is 5.41. The lowest BCUT2D eigenvalue weighted by Gasteiger charge is -2.27. The smallest absolute Gasteiger partial charge is 0.330 e. The van der Waals surface area contributed by atoms with Gasteiger partial charge in [0.15, 0.2) is 5.06 Å². The van der Waals surface area contributed by atoms with Gasteiger partial charge in [0.2, 0.25) is 0 Å². The van der Waals surface area contributed by atoms with Crippen molar-refractivity contribution in [3.8, 4) is 0 Å². The van der Waals surface area contributed by atoms with Gasteiger partial charge in [-0.05, 0) is 26.6 Å². The van der Waals surface area contributed by atoms with Crippen LogP contribution in [0.5, 0.6) is 0 Å². The second-order valence-electron chi connectivity index (χ2n) is 4.94. The quantitative estimate of drug-likeness (QED) is 0.646. The summed E-state index contributed by atoms with van der Waals surface area (Å²) in [6, 6.07) is 9.91. The number of hydrogen-bond donors (Lipinski definition) is 1. The first-order chi connectivity index (χ1) is 9.73. The fraction of sp³-hybridized carbons (Fsp3) is 0.438. The third kappa shape index (κ3) is 7.85. The van der Waals surface area contributed by atoms with Gasteiger partial charge in [-0.1, -0.05) is 48.5 Å². The van der Waals surface area contributed by atoms with Crippen LogP contribution < -0.4 is 0 Å². The van der Waals surface area contributed by atoms with E-state index in [0.29, 0.717) is 0 Å². The largest absolute Gasteiger partial charge is 0.478 e. The summed E-state index contributed by atoms with van der Waals surface area (Å²) in [5, 5.41) is 7.19. The molecular formula is C16H24ClNO3. The molecule has 0 bridgehead atoms. The number of rotatable bonds is 6. The highest BCUT2D eigenvalue weighted by Crippen LogP contribution is 2.33. The molecule has 0 amide bonds. The number of hydrogen-bond acceptors (Lipinski definition) is 3. The minimum absolute atomic E-state index is 0.176. The van der Waals surface area contributed by atoms with Crippen LogP contribution in [0, 0.1) is 0 Å². The van der Waals surface area contributed by atoms with Crippen LogP contribution in [0.15, 0.2) is 42.5 Å². The molecule has 1 atom stereocenters. The highest BCUT2D eigenvalue weighted by Gasteiger charge is 2.28. The molecular weight excluding hydrogens is 290 g/mol. The summed E-state index contributed by atoms with van der Waals surface area (Å²) in [6.07, 6.45) is 0.766. The van der Waals surface area contributed by atoms with E-state index in [2.05, 4.69) is 11.5 Å². The van der Waals surface area contributed by atoms with Gasteiger partial charge in [0.25, 0.3) is 0 Å². The maximum absolute atomic E-state index is 9.60. The van der Waals surface area contributed by atoms with Crippen molar-refractivity contribution < 1.29 is 14.6 Å². The van der Waals surface area contributed by atoms with Crippen LogP contribution in [0.4, 0.5) is 0 Å². The van der Waals surface area contributed by atoms with Gasteiger partial charge in [0.05, 0.1) is 0 Å². The number of aliphatic carboxylic acids is 1. The van der Waals surface area contributed by atoms with Gasteiger partial charge >= 0.3 is 5.97 Å². The molecule has 118 valence electrons. The summed E-state index contributed by atoms with van der Waals surface area (Å²) in [5.74, 6) is -0.935. The van der Waals surface area contributed by atoms with Crippen LogP contribution in [-0.4, -0.2) is 43.7 Å². The van der Waals surface area contributed by atoms with Crippen molar-refractivity contribution in [2.45, 2.75) is 18.4 Å². The van der Waals surface area contributed by atoms with E-state index in [-0.39, 0.29) is 5.57 Å². The molecule has 0 aliphatic carbocycles. The van der Waals surface area contributed by atoms with Crippen molar-refractivity contribution in [1.29, 1.82) is 0 Å². The molecule has 1 aromatic carbocycles.